The van der Waals surface area contributed by atoms with E-state index in [0.717, 1.165) is 9.99 Å². The number of aromatic nitrogens is 1. The standard InChI is InChI=1S/C19H21N3O4S2/c1-13(18(23)22(4)14-8-6-5-7-9-14)27-19-20-16-12-15(10-11-17(16)26-19)28(24,25)21(2)3/h5-13H,1-4H3/t13-/m0/s1. The number of nitrogens with zero attached hydrogens (tertiary/aromatic N) is 3. The maximum Gasteiger partial charge on any atom is 0.257 e. The predicted octanol–water partition coefficient (Wildman–Crippen LogP) is 3.22. The number of rotatable bonds is 6. The lowest BCUT2D eigenvalue weighted by atomic mass is 10.3. The molecule has 3 rings (SSSR count). The minimum Gasteiger partial charge on any atom is -0.431 e. The van der Waals surface area contributed by atoms with Gasteiger partial charge in [-0.15, -0.1) is 0 Å². The maximum atomic E-state index is 12.7. The molecule has 1 atom stereocenters. The molecule has 0 aliphatic rings. The summed E-state index contributed by atoms with van der Waals surface area (Å²) in [4.78, 5) is 18.7. The van der Waals surface area contributed by atoms with Crippen LogP contribution < -0.4 is 4.90 Å². The average Bonchev–Trinajstić information content (AvgIpc) is 3.08. The van der Waals surface area contributed by atoms with Crippen molar-refractivity contribution in [3.63, 3.8) is 0 Å². The second-order valence-electron chi connectivity index (χ2n) is 6.39. The van der Waals surface area contributed by atoms with Gasteiger partial charge >= 0.3 is 0 Å². The first-order valence-electron chi connectivity index (χ1n) is 8.52. The zero-order valence-corrected chi connectivity index (χ0v) is 17.6. The molecule has 0 aliphatic heterocycles. The fourth-order valence-electron chi connectivity index (χ4n) is 2.56. The topological polar surface area (TPSA) is 83.7 Å². The Kier molecular flexibility index (Phi) is 5.78. The molecule has 28 heavy (non-hydrogen) atoms. The minimum absolute atomic E-state index is 0.0886. The summed E-state index contributed by atoms with van der Waals surface area (Å²) >= 11 is 1.19. The number of carbonyl (C=O) groups is 1. The summed E-state index contributed by atoms with van der Waals surface area (Å²) in [6.45, 7) is 1.78. The largest absolute Gasteiger partial charge is 0.431 e. The van der Waals surface area contributed by atoms with E-state index in [0.29, 0.717) is 16.3 Å². The zero-order valence-electron chi connectivity index (χ0n) is 16.0. The number of hydrogen-bond acceptors (Lipinski definition) is 6. The van der Waals surface area contributed by atoms with E-state index in [4.69, 9.17) is 4.42 Å². The summed E-state index contributed by atoms with van der Waals surface area (Å²) in [6.07, 6.45) is 0. The van der Waals surface area contributed by atoms with Gasteiger partial charge in [0.05, 0.1) is 10.1 Å². The molecule has 0 saturated heterocycles. The normalized spacial score (nSPS) is 13.0. The van der Waals surface area contributed by atoms with Gasteiger partial charge in [-0.3, -0.25) is 4.79 Å². The number of thioether (sulfide) groups is 1. The molecule has 0 N–H and O–H groups in total. The highest BCUT2D eigenvalue weighted by atomic mass is 32.2. The van der Waals surface area contributed by atoms with Crippen LogP contribution in [0.3, 0.4) is 0 Å². The van der Waals surface area contributed by atoms with Crippen LogP contribution in [-0.2, 0) is 14.8 Å². The molecular weight excluding hydrogens is 398 g/mol. The lowest BCUT2D eigenvalue weighted by Crippen LogP contribution is -2.33. The lowest BCUT2D eigenvalue weighted by Gasteiger charge is -2.20. The Bertz CT molecular complexity index is 1090. The van der Waals surface area contributed by atoms with Crippen LogP contribution in [0.2, 0.25) is 0 Å². The molecule has 0 spiro atoms. The number of sulfonamides is 1. The Morgan fingerprint density at radius 2 is 1.79 bits per heavy atom. The van der Waals surface area contributed by atoms with E-state index in [1.54, 1.807) is 24.9 Å². The first kappa shape index (κ1) is 20.4. The molecule has 2 aromatic carbocycles. The predicted molar refractivity (Wildman–Crippen MR) is 110 cm³/mol. The van der Waals surface area contributed by atoms with Gasteiger partial charge in [-0.1, -0.05) is 30.0 Å². The van der Waals surface area contributed by atoms with Crippen molar-refractivity contribution in [3.05, 3.63) is 48.5 Å². The fourth-order valence-corrected chi connectivity index (χ4v) is 4.33. The van der Waals surface area contributed by atoms with E-state index in [1.807, 2.05) is 30.3 Å². The molecule has 0 unspecified atom stereocenters. The third-order valence-electron chi connectivity index (χ3n) is 4.22. The van der Waals surface area contributed by atoms with Crippen molar-refractivity contribution in [2.45, 2.75) is 22.3 Å². The van der Waals surface area contributed by atoms with E-state index < -0.39 is 15.3 Å². The van der Waals surface area contributed by atoms with Crippen LogP contribution in [0.25, 0.3) is 11.1 Å². The number of fused-ring (bicyclic) bond motifs is 1. The molecule has 7 nitrogen and oxygen atoms in total. The SMILES string of the molecule is C[C@H](Sc1nc2cc(S(=O)(=O)N(C)C)ccc2o1)C(=O)N(C)c1ccccc1. The number of anilines is 1. The maximum absolute atomic E-state index is 12.7. The van der Waals surface area contributed by atoms with Gasteiger partial charge in [0.1, 0.15) is 5.52 Å². The van der Waals surface area contributed by atoms with Gasteiger partial charge in [0, 0.05) is 26.8 Å². The van der Waals surface area contributed by atoms with Crippen LogP contribution in [0.15, 0.2) is 63.1 Å². The summed E-state index contributed by atoms with van der Waals surface area (Å²) < 4.78 is 31.4. The molecule has 3 aromatic rings. The molecular formula is C19H21N3O4S2. The molecule has 1 aromatic heterocycles. The van der Waals surface area contributed by atoms with Gasteiger partial charge in [0.2, 0.25) is 15.9 Å². The second kappa shape index (κ2) is 7.94. The first-order valence-corrected chi connectivity index (χ1v) is 10.8. The van der Waals surface area contributed by atoms with Crippen molar-refractivity contribution >= 4 is 44.5 Å². The average molecular weight is 420 g/mol. The van der Waals surface area contributed by atoms with Crippen LogP contribution in [-0.4, -0.2) is 50.0 Å². The van der Waals surface area contributed by atoms with Crippen LogP contribution in [0, 0.1) is 0 Å². The summed E-state index contributed by atoms with van der Waals surface area (Å²) in [7, 11) is 1.11. The number of para-hydroxylation sites is 1. The number of oxazole rings is 1. The van der Waals surface area contributed by atoms with Gasteiger partial charge in [-0.05, 0) is 37.3 Å². The van der Waals surface area contributed by atoms with Gasteiger partial charge in [0.15, 0.2) is 5.58 Å². The number of carbonyl (C=O) groups excluding carboxylic acids is 1. The highest BCUT2D eigenvalue weighted by Gasteiger charge is 2.23. The molecule has 0 aliphatic carbocycles. The van der Waals surface area contributed by atoms with E-state index in [-0.39, 0.29) is 10.8 Å². The Hall–Kier alpha value is -2.36. The van der Waals surface area contributed by atoms with Gasteiger partial charge in [-0.25, -0.2) is 17.7 Å². The van der Waals surface area contributed by atoms with Gasteiger partial charge in [-0.2, -0.15) is 0 Å². The quantitative estimate of drug-likeness (QED) is 0.571. The summed E-state index contributed by atoms with van der Waals surface area (Å²) in [5.41, 5.74) is 1.70. The molecule has 1 amide bonds. The van der Waals surface area contributed by atoms with Crippen molar-refractivity contribution < 1.29 is 17.6 Å². The van der Waals surface area contributed by atoms with Crippen molar-refractivity contribution in [1.29, 1.82) is 0 Å². The molecule has 1 heterocycles. The Labute approximate surface area is 168 Å². The Morgan fingerprint density at radius 1 is 1.11 bits per heavy atom. The number of amides is 1. The van der Waals surface area contributed by atoms with Crippen LogP contribution >= 0.6 is 11.8 Å². The molecule has 9 heteroatoms. The summed E-state index contributed by atoms with van der Waals surface area (Å²) in [6, 6.07) is 13.9. The summed E-state index contributed by atoms with van der Waals surface area (Å²) in [5.74, 6) is -0.0886. The van der Waals surface area contributed by atoms with Crippen LogP contribution in [0.4, 0.5) is 5.69 Å². The monoisotopic (exact) mass is 419 g/mol. The molecule has 0 fully saturated rings. The Morgan fingerprint density at radius 3 is 2.43 bits per heavy atom. The van der Waals surface area contributed by atoms with E-state index in [2.05, 4.69) is 4.98 Å². The Balaban J connectivity index is 1.80. The molecule has 148 valence electrons. The van der Waals surface area contributed by atoms with Crippen molar-refractivity contribution in [1.82, 2.24) is 9.29 Å². The smallest absolute Gasteiger partial charge is 0.257 e. The highest BCUT2D eigenvalue weighted by molar-refractivity contribution is 8.00. The minimum atomic E-state index is -3.55. The molecule has 0 saturated carbocycles. The van der Waals surface area contributed by atoms with Gasteiger partial charge in [0.25, 0.3) is 5.22 Å². The van der Waals surface area contributed by atoms with Crippen LogP contribution in [0.1, 0.15) is 6.92 Å². The number of benzene rings is 2. The fraction of sp³-hybridized carbons (Fsp3) is 0.263. The summed E-state index contributed by atoms with van der Waals surface area (Å²) in [5, 5.41) is -0.111. The van der Waals surface area contributed by atoms with Crippen LogP contribution in [0.5, 0.6) is 0 Å². The second-order valence-corrected chi connectivity index (χ2v) is 9.83. The lowest BCUT2D eigenvalue weighted by molar-refractivity contribution is -0.117. The molecule has 0 bridgehead atoms. The third-order valence-corrected chi connectivity index (χ3v) is 6.96. The highest BCUT2D eigenvalue weighted by Crippen LogP contribution is 2.29. The van der Waals surface area contributed by atoms with Crippen molar-refractivity contribution in [2.24, 2.45) is 0 Å². The van der Waals surface area contributed by atoms with E-state index in [1.165, 1.54) is 38.0 Å². The number of hydrogen-bond donors (Lipinski definition) is 0. The zero-order chi connectivity index (χ0) is 20.5. The van der Waals surface area contributed by atoms with Crippen molar-refractivity contribution in [3.8, 4) is 0 Å². The van der Waals surface area contributed by atoms with Crippen molar-refractivity contribution in [2.75, 3.05) is 26.0 Å². The van der Waals surface area contributed by atoms with E-state index >= 15 is 0 Å². The van der Waals surface area contributed by atoms with Gasteiger partial charge < -0.3 is 9.32 Å². The first-order chi connectivity index (χ1) is 13.2. The van der Waals surface area contributed by atoms with E-state index in [9.17, 15) is 13.2 Å². The third kappa shape index (κ3) is 4.06. The molecule has 0 radical (unpaired) electrons.